The zero-order valence-electron chi connectivity index (χ0n) is 11.4. The highest BCUT2D eigenvalue weighted by molar-refractivity contribution is 7.92. The number of hydrogen-bond donors (Lipinski definition) is 2. The van der Waals surface area contributed by atoms with E-state index in [0.29, 0.717) is 6.42 Å². The van der Waals surface area contributed by atoms with Gasteiger partial charge in [0.15, 0.2) is 0 Å². The molecule has 0 fully saturated rings. The van der Waals surface area contributed by atoms with Crippen LogP contribution in [-0.2, 0) is 10.0 Å². The Kier molecular flexibility index (Phi) is 6.28. The highest BCUT2D eigenvalue weighted by Crippen LogP contribution is 2.24. The summed E-state index contributed by atoms with van der Waals surface area (Å²) in [5, 5.41) is 2.91. The molecule has 0 aliphatic carbocycles. The molecular formula is C12H17F3N2O3S. The molecule has 0 atom stereocenters. The van der Waals surface area contributed by atoms with Gasteiger partial charge in [0, 0.05) is 5.69 Å². The Morgan fingerprint density at radius 2 is 1.76 bits per heavy atom. The molecule has 0 bridgehead atoms. The second-order valence-electron chi connectivity index (χ2n) is 4.30. The molecule has 0 saturated heterocycles. The van der Waals surface area contributed by atoms with Crippen molar-refractivity contribution >= 4 is 15.7 Å². The lowest BCUT2D eigenvalue weighted by molar-refractivity contribution is -0.274. The van der Waals surface area contributed by atoms with Gasteiger partial charge in [-0.1, -0.05) is 0 Å². The third-order valence-electron chi connectivity index (χ3n) is 2.45. The van der Waals surface area contributed by atoms with Gasteiger partial charge in [-0.25, -0.2) is 8.42 Å². The van der Waals surface area contributed by atoms with E-state index in [4.69, 9.17) is 0 Å². The summed E-state index contributed by atoms with van der Waals surface area (Å²) in [5.74, 6) is -0.449. The molecule has 0 saturated carbocycles. The van der Waals surface area contributed by atoms with Crippen molar-refractivity contribution in [2.24, 2.45) is 0 Å². The van der Waals surface area contributed by atoms with Crippen molar-refractivity contribution in [3.8, 4) is 5.75 Å². The van der Waals surface area contributed by atoms with Crippen LogP contribution in [0.1, 0.15) is 12.8 Å². The van der Waals surface area contributed by atoms with Crippen molar-refractivity contribution in [1.82, 2.24) is 5.32 Å². The molecule has 0 aliphatic rings. The Labute approximate surface area is 121 Å². The SMILES string of the molecule is CNCCCCS(=O)(=O)Nc1ccc(OC(F)(F)F)cc1. The quantitative estimate of drug-likeness (QED) is 0.720. The van der Waals surface area contributed by atoms with E-state index in [9.17, 15) is 21.6 Å². The van der Waals surface area contributed by atoms with Crippen molar-refractivity contribution in [2.45, 2.75) is 19.2 Å². The lowest BCUT2D eigenvalue weighted by Crippen LogP contribution is -2.18. The van der Waals surface area contributed by atoms with Crippen LogP contribution in [0.4, 0.5) is 18.9 Å². The zero-order valence-corrected chi connectivity index (χ0v) is 12.2. The third-order valence-corrected chi connectivity index (χ3v) is 3.82. The lowest BCUT2D eigenvalue weighted by atomic mass is 10.3. The van der Waals surface area contributed by atoms with E-state index in [1.165, 1.54) is 12.1 Å². The summed E-state index contributed by atoms with van der Waals surface area (Å²) < 4.78 is 65.4. The first kappa shape index (κ1) is 17.6. The third kappa shape index (κ3) is 7.76. The van der Waals surface area contributed by atoms with E-state index in [2.05, 4.69) is 14.8 Å². The van der Waals surface area contributed by atoms with Crippen LogP contribution in [0.5, 0.6) is 5.75 Å². The average Bonchev–Trinajstić information content (AvgIpc) is 2.35. The van der Waals surface area contributed by atoms with Crippen molar-refractivity contribution in [3.05, 3.63) is 24.3 Å². The van der Waals surface area contributed by atoms with Crippen molar-refractivity contribution in [1.29, 1.82) is 0 Å². The molecule has 0 unspecified atom stereocenters. The minimum absolute atomic E-state index is 0.0461. The molecule has 1 rings (SSSR count). The highest BCUT2D eigenvalue weighted by Gasteiger charge is 2.30. The number of sulfonamides is 1. The predicted molar refractivity (Wildman–Crippen MR) is 73.7 cm³/mol. The summed E-state index contributed by atoms with van der Waals surface area (Å²) in [6, 6.07) is 4.52. The average molecular weight is 326 g/mol. The minimum Gasteiger partial charge on any atom is -0.406 e. The van der Waals surface area contributed by atoms with Crippen LogP contribution in [0.2, 0.25) is 0 Å². The molecule has 120 valence electrons. The van der Waals surface area contributed by atoms with Gasteiger partial charge in [0.25, 0.3) is 0 Å². The Hall–Kier alpha value is -1.48. The molecule has 1 aromatic carbocycles. The fraction of sp³-hybridized carbons (Fsp3) is 0.500. The monoisotopic (exact) mass is 326 g/mol. The number of anilines is 1. The van der Waals surface area contributed by atoms with Crippen LogP contribution in [0.3, 0.4) is 0 Å². The van der Waals surface area contributed by atoms with E-state index >= 15 is 0 Å². The summed E-state index contributed by atoms with van der Waals surface area (Å²) in [7, 11) is -1.73. The zero-order chi connectivity index (χ0) is 15.9. The Morgan fingerprint density at radius 1 is 1.14 bits per heavy atom. The molecular weight excluding hydrogens is 309 g/mol. The van der Waals surface area contributed by atoms with Crippen LogP contribution >= 0.6 is 0 Å². The van der Waals surface area contributed by atoms with Gasteiger partial charge in [0.05, 0.1) is 5.75 Å². The number of halogens is 3. The number of alkyl halides is 3. The lowest BCUT2D eigenvalue weighted by Gasteiger charge is -2.11. The number of nitrogens with one attached hydrogen (secondary N) is 2. The number of unbranched alkanes of at least 4 members (excludes halogenated alkanes) is 1. The summed E-state index contributed by atoms with van der Waals surface area (Å²) in [4.78, 5) is 0. The first-order chi connectivity index (χ1) is 9.72. The van der Waals surface area contributed by atoms with E-state index in [1.807, 2.05) is 0 Å². The smallest absolute Gasteiger partial charge is 0.406 e. The Bertz CT molecular complexity index is 530. The van der Waals surface area contributed by atoms with Gasteiger partial charge in [-0.3, -0.25) is 4.72 Å². The second-order valence-corrected chi connectivity index (χ2v) is 6.15. The fourth-order valence-corrected chi connectivity index (χ4v) is 2.73. The van der Waals surface area contributed by atoms with Gasteiger partial charge < -0.3 is 10.1 Å². The number of ether oxygens (including phenoxy) is 1. The van der Waals surface area contributed by atoms with E-state index < -0.39 is 22.1 Å². The Balaban J connectivity index is 2.54. The molecule has 0 amide bonds. The van der Waals surface area contributed by atoms with Crippen LogP contribution in [0.15, 0.2) is 24.3 Å². The molecule has 21 heavy (non-hydrogen) atoms. The summed E-state index contributed by atoms with van der Waals surface area (Å²) in [6.07, 6.45) is -3.56. The van der Waals surface area contributed by atoms with Crippen molar-refractivity contribution < 1.29 is 26.3 Å². The van der Waals surface area contributed by atoms with Crippen LogP contribution in [0, 0.1) is 0 Å². The van der Waals surface area contributed by atoms with E-state index in [0.717, 1.165) is 25.1 Å². The molecule has 9 heteroatoms. The normalized spacial score (nSPS) is 12.2. The summed E-state index contributed by atoms with van der Waals surface area (Å²) in [6.45, 7) is 0.721. The molecule has 2 N–H and O–H groups in total. The van der Waals surface area contributed by atoms with Gasteiger partial charge in [0.2, 0.25) is 10.0 Å². The number of benzene rings is 1. The maximum Gasteiger partial charge on any atom is 0.573 e. The maximum atomic E-state index is 12.0. The molecule has 0 radical (unpaired) electrons. The van der Waals surface area contributed by atoms with Gasteiger partial charge in [-0.15, -0.1) is 13.2 Å². The minimum atomic E-state index is -4.77. The summed E-state index contributed by atoms with van der Waals surface area (Å²) >= 11 is 0. The molecule has 5 nitrogen and oxygen atoms in total. The molecule has 0 heterocycles. The first-order valence-electron chi connectivity index (χ1n) is 6.23. The van der Waals surface area contributed by atoms with Gasteiger partial charge in [0.1, 0.15) is 5.75 Å². The van der Waals surface area contributed by atoms with Crippen molar-refractivity contribution in [2.75, 3.05) is 24.1 Å². The Morgan fingerprint density at radius 3 is 2.29 bits per heavy atom. The summed E-state index contributed by atoms with van der Waals surface area (Å²) in [5.41, 5.74) is 0.193. The largest absolute Gasteiger partial charge is 0.573 e. The van der Waals surface area contributed by atoms with Crippen LogP contribution in [0.25, 0.3) is 0 Å². The number of rotatable bonds is 8. The van der Waals surface area contributed by atoms with E-state index in [1.54, 1.807) is 7.05 Å². The second kappa shape index (κ2) is 7.51. The molecule has 0 spiro atoms. The molecule has 1 aromatic rings. The topological polar surface area (TPSA) is 67.4 Å². The van der Waals surface area contributed by atoms with Gasteiger partial charge >= 0.3 is 6.36 Å². The standard InChI is InChI=1S/C12H17F3N2O3S/c1-16-8-2-3-9-21(18,19)17-10-4-6-11(7-5-10)20-12(13,14)15/h4-7,16-17H,2-3,8-9H2,1H3. The number of hydrogen-bond acceptors (Lipinski definition) is 4. The maximum absolute atomic E-state index is 12.0. The fourth-order valence-electron chi connectivity index (χ4n) is 1.55. The molecule has 0 aliphatic heterocycles. The molecule has 0 aromatic heterocycles. The van der Waals surface area contributed by atoms with Crippen LogP contribution in [-0.4, -0.2) is 34.1 Å². The van der Waals surface area contributed by atoms with Crippen molar-refractivity contribution in [3.63, 3.8) is 0 Å². The van der Waals surface area contributed by atoms with E-state index in [-0.39, 0.29) is 11.4 Å². The predicted octanol–water partition coefficient (Wildman–Crippen LogP) is 2.33. The van der Waals surface area contributed by atoms with Gasteiger partial charge in [-0.2, -0.15) is 0 Å². The van der Waals surface area contributed by atoms with Gasteiger partial charge in [-0.05, 0) is 50.7 Å². The first-order valence-corrected chi connectivity index (χ1v) is 7.88. The highest BCUT2D eigenvalue weighted by atomic mass is 32.2. The van der Waals surface area contributed by atoms with Crippen LogP contribution < -0.4 is 14.8 Å².